The molecule has 0 bridgehead atoms. The third-order valence-electron chi connectivity index (χ3n) is 6.82. The number of nitrogens with one attached hydrogen (secondary N) is 1. The van der Waals surface area contributed by atoms with E-state index < -0.39 is 0 Å². The van der Waals surface area contributed by atoms with Crippen LogP contribution in [0.3, 0.4) is 0 Å². The first kappa shape index (κ1) is 25.1. The van der Waals surface area contributed by atoms with Crippen molar-refractivity contribution in [2.45, 2.75) is 19.5 Å². The Hall–Kier alpha value is -4.58. The lowest BCUT2D eigenvalue weighted by Gasteiger charge is -2.32. The highest BCUT2D eigenvalue weighted by Crippen LogP contribution is 2.35. The highest BCUT2D eigenvalue weighted by molar-refractivity contribution is 5.95. The molecule has 0 aliphatic carbocycles. The zero-order valence-corrected chi connectivity index (χ0v) is 21.5. The summed E-state index contributed by atoms with van der Waals surface area (Å²) >= 11 is 0. The first-order valence-electron chi connectivity index (χ1n) is 12.7. The topological polar surface area (TPSA) is 67.9 Å². The minimum Gasteiger partial charge on any atom is -0.490 e. The highest BCUT2D eigenvalue weighted by atomic mass is 16.5. The van der Waals surface area contributed by atoms with Gasteiger partial charge in [0.1, 0.15) is 12.4 Å². The van der Waals surface area contributed by atoms with Crippen molar-refractivity contribution in [3.05, 3.63) is 119 Å². The number of fused-ring (bicyclic) bond motifs is 1. The molecule has 6 heteroatoms. The number of ether oxygens (including phenoxy) is 2. The van der Waals surface area contributed by atoms with Gasteiger partial charge in [-0.05, 0) is 59.5 Å². The van der Waals surface area contributed by atoms with E-state index in [2.05, 4.69) is 22.3 Å². The molecule has 0 aromatic heterocycles. The van der Waals surface area contributed by atoms with Crippen LogP contribution in [-0.4, -0.2) is 32.1 Å². The number of carbonyl (C=O) groups excluding carboxylic acids is 2. The summed E-state index contributed by atoms with van der Waals surface area (Å²) in [4.78, 5) is 27.1. The smallest absolute Gasteiger partial charge is 0.337 e. The summed E-state index contributed by atoms with van der Waals surface area (Å²) in [5, 5.41) is 3.07. The fourth-order valence-corrected chi connectivity index (χ4v) is 4.74. The van der Waals surface area contributed by atoms with E-state index in [0.29, 0.717) is 30.0 Å². The highest BCUT2D eigenvalue weighted by Gasteiger charge is 2.22. The lowest BCUT2D eigenvalue weighted by molar-refractivity contribution is 0.0600. The van der Waals surface area contributed by atoms with Crippen LogP contribution in [0.5, 0.6) is 5.75 Å². The predicted octanol–water partition coefficient (Wildman–Crippen LogP) is 6.03. The minimum atomic E-state index is -0.350. The number of benzene rings is 4. The van der Waals surface area contributed by atoms with E-state index >= 15 is 0 Å². The quantitative estimate of drug-likeness (QED) is 0.310. The van der Waals surface area contributed by atoms with E-state index in [1.165, 1.54) is 7.11 Å². The zero-order chi connectivity index (χ0) is 26.5. The number of esters is 1. The number of amides is 1. The molecule has 0 radical (unpaired) electrons. The van der Waals surface area contributed by atoms with Crippen molar-refractivity contribution in [1.29, 1.82) is 0 Å². The first-order valence-corrected chi connectivity index (χ1v) is 12.7. The normalized spacial score (nSPS) is 13.2. The van der Waals surface area contributed by atoms with E-state index in [0.717, 1.165) is 34.5 Å². The summed E-state index contributed by atoms with van der Waals surface area (Å²) < 4.78 is 10.8. The maximum atomic E-state index is 13.0. The van der Waals surface area contributed by atoms with Gasteiger partial charge in [0.05, 0.1) is 30.9 Å². The molecule has 1 aliphatic rings. The standard InChI is InChI=1S/C32H30N2O4/c1-22(23-8-4-3-5-9-23)33-31(35)26-16-17-29-30(20-26)38-19-18-34(29)21-27-10-6-7-11-28(27)24-12-14-25(15-13-24)32(36)37-2/h3-17,20,22H,18-19,21H2,1-2H3,(H,33,35)/t22-/m0/s1. The molecule has 0 fully saturated rings. The lowest BCUT2D eigenvalue weighted by Crippen LogP contribution is -2.33. The Bertz CT molecular complexity index is 1430. The summed E-state index contributed by atoms with van der Waals surface area (Å²) in [6, 6.07) is 31.2. The Balaban J connectivity index is 1.34. The summed E-state index contributed by atoms with van der Waals surface area (Å²) in [6.45, 7) is 3.93. The van der Waals surface area contributed by atoms with Gasteiger partial charge in [0.25, 0.3) is 5.91 Å². The average molecular weight is 507 g/mol. The van der Waals surface area contributed by atoms with Crippen molar-refractivity contribution < 1.29 is 19.1 Å². The maximum absolute atomic E-state index is 13.0. The first-order chi connectivity index (χ1) is 18.5. The molecule has 1 N–H and O–H groups in total. The fraction of sp³-hybridized carbons (Fsp3) is 0.188. The van der Waals surface area contributed by atoms with Crippen molar-refractivity contribution >= 4 is 17.6 Å². The largest absolute Gasteiger partial charge is 0.490 e. The Morgan fingerprint density at radius 1 is 0.921 bits per heavy atom. The van der Waals surface area contributed by atoms with E-state index in [-0.39, 0.29) is 17.9 Å². The molecule has 1 heterocycles. The molecule has 4 aromatic carbocycles. The molecule has 1 atom stereocenters. The molecule has 1 aliphatic heterocycles. The van der Waals surface area contributed by atoms with Crippen LogP contribution < -0.4 is 15.0 Å². The number of carbonyl (C=O) groups is 2. The van der Waals surface area contributed by atoms with Crippen LogP contribution in [0.15, 0.2) is 97.1 Å². The number of nitrogens with zero attached hydrogens (tertiary/aromatic N) is 1. The summed E-state index contributed by atoms with van der Waals surface area (Å²) in [5.74, 6) is 0.221. The second-order valence-electron chi connectivity index (χ2n) is 9.28. The zero-order valence-electron chi connectivity index (χ0n) is 21.5. The van der Waals surface area contributed by atoms with Gasteiger partial charge in [0.15, 0.2) is 0 Å². The van der Waals surface area contributed by atoms with Gasteiger partial charge in [-0.25, -0.2) is 4.79 Å². The summed E-state index contributed by atoms with van der Waals surface area (Å²) in [7, 11) is 1.38. The Labute approximate surface area is 222 Å². The van der Waals surface area contributed by atoms with Gasteiger partial charge in [0, 0.05) is 12.1 Å². The minimum absolute atomic E-state index is 0.102. The van der Waals surface area contributed by atoms with Crippen LogP contribution in [0, 0.1) is 0 Å². The van der Waals surface area contributed by atoms with Gasteiger partial charge in [-0.3, -0.25) is 4.79 Å². The number of methoxy groups -OCH3 is 1. The van der Waals surface area contributed by atoms with Gasteiger partial charge in [0.2, 0.25) is 0 Å². The third kappa shape index (κ3) is 5.39. The molecule has 6 nitrogen and oxygen atoms in total. The maximum Gasteiger partial charge on any atom is 0.337 e. The van der Waals surface area contributed by atoms with Crippen LogP contribution in [0.4, 0.5) is 5.69 Å². The third-order valence-corrected chi connectivity index (χ3v) is 6.82. The molecular formula is C32H30N2O4. The molecule has 38 heavy (non-hydrogen) atoms. The van der Waals surface area contributed by atoms with Crippen LogP contribution in [-0.2, 0) is 11.3 Å². The molecule has 0 spiro atoms. The van der Waals surface area contributed by atoms with E-state index in [1.54, 1.807) is 12.1 Å². The van der Waals surface area contributed by atoms with Crippen LogP contribution in [0.2, 0.25) is 0 Å². The SMILES string of the molecule is COC(=O)c1ccc(-c2ccccc2CN2CCOc3cc(C(=O)N[C@@H](C)c4ccccc4)ccc32)cc1. The molecule has 1 amide bonds. The van der Waals surface area contributed by atoms with E-state index in [9.17, 15) is 9.59 Å². The summed E-state index contributed by atoms with van der Waals surface area (Å²) in [6.07, 6.45) is 0. The number of hydrogen-bond acceptors (Lipinski definition) is 5. The van der Waals surface area contributed by atoms with E-state index in [4.69, 9.17) is 9.47 Å². The molecule has 4 aromatic rings. The van der Waals surface area contributed by atoms with Gasteiger partial charge in [-0.15, -0.1) is 0 Å². The van der Waals surface area contributed by atoms with Crippen molar-refractivity contribution in [3.8, 4) is 16.9 Å². The van der Waals surface area contributed by atoms with Crippen molar-refractivity contribution in [3.63, 3.8) is 0 Å². The predicted molar refractivity (Wildman–Crippen MR) is 149 cm³/mol. The molecule has 0 saturated carbocycles. The molecule has 0 saturated heterocycles. The second kappa shape index (κ2) is 11.2. The Morgan fingerprint density at radius 3 is 2.39 bits per heavy atom. The lowest BCUT2D eigenvalue weighted by atomic mass is 9.98. The average Bonchev–Trinajstić information content (AvgIpc) is 2.97. The van der Waals surface area contributed by atoms with Gasteiger partial charge in [-0.1, -0.05) is 66.7 Å². The molecule has 192 valence electrons. The Morgan fingerprint density at radius 2 is 1.63 bits per heavy atom. The van der Waals surface area contributed by atoms with Crippen molar-refractivity contribution in [2.24, 2.45) is 0 Å². The Kier molecular flexibility index (Phi) is 7.40. The van der Waals surface area contributed by atoms with Crippen LogP contribution in [0.25, 0.3) is 11.1 Å². The second-order valence-corrected chi connectivity index (χ2v) is 9.28. The molecule has 5 rings (SSSR count). The fourth-order valence-electron chi connectivity index (χ4n) is 4.74. The van der Waals surface area contributed by atoms with Crippen LogP contribution in [0.1, 0.15) is 44.8 Å². The van der Waals surface area contributed by atoms with Gasteiger partial charge in [-0.2, -0.15) is 0 Å². The van der Waals surface area contributed by atoms with Gasteiger partial charge < -0.3 is 19.7 Å². The molecule has 0 unspecified atom stereocenters. The number of anilines is 1. The number of hydrogen-bond donors (Lipinski definition) is 1. The van der Waals surface area contributed by atoms with E-state index in [1.807, 2.05) is 79.7 Å². The van der Waals surface area contributed by atoms with Crippen LogP contribution >= 0.6 is 0 Å². The van der Waals surface area contributed by atoms with Gasteiger partial charge >= 0.3 is 5.97 Å². The monoisotopic (exact) mass is 506 g/mol. The van der Waals surface area contributed by atoms with Crippen molar-refractivity contribution in [1.82, 2.24) is 5.32 Å². The number of rotatable bonds is 7. The van der Waals surface area contributed by atoms with Crippen molar-refractivity contribution in [2.75, 3.05) is 25.2 Å². The molecular weight excluding hydrogens is 476 g/mol. The summed E-state index contributed by atoms with van der Waals surface area (Å²) in [5.41, 5.74) is 6.39.